The number of hydrogen-bond donors (Lipinski definition) is 0. The van der Waals surface area contributed by atoms with Gasteiger partial charge in [-0.25, -0.2) is 0 Å². The first kappa shape index (κ1) is 6.04. The van der Waals surface area contributed by atoms with Crippen LogP contribution in [-0.2, 0) is 0 Å². The van der Waals surface area contributed by atoms with E-state index in [1.54, 1.807) is 0 Å². The Morgan fingerprint density at radius 3 is 2.50 bits per heavy atom. The molecule has 1 heteroatoms. The minimum absolute atomic E-state index is 0.333. The van der Waals surface area contributed by atoms with Crippen LogP contribution in [0.4, 0.5) is 0 Å². The van der Waals surface area contributed by atoms with Gasteiger partial charge in [0.15, 0.2) is 0 Å². The smallest absolute Gasteiger partial charge is 0.0403 e. The highest BCUT2D eigenvalue weighted by Crippen LogP contribution is 2.46. The van der Waals surface area contributed by atoms with Crippen molar-refractivity contribution in [3.63, 3.8) is 0 Å². The van der Waals surface area contributed by atoms with Gasteiger partial charge in [0.2, 0.25) is 0 Å². The van der Waals surface area contributed by atoms with Crippen molar-refractivity contribution in [3.05, 3.63) is 0 Å². The molecule has 0 bridgehead atoms. The monoisotopic (exact) mass is 126 g/mol. The van der Waals surface area contributed by atoms with Crippen LogP contribution in [0.3, 0.4) is 0 Å². The number of hydrogen-bond acceptors (Lipinski definition) is 1. The maximum Gasteiger partial charge on any atom is 0.0403 e. The summed E-state index contributed by atoms with van der Waals surface area (Å²) in [6.45, 7) is 0. The SMILES string of the molecule is C#CC1(CSC)CC1. The van der Waals surface area contributed by atoms with E-state index >= 15 is 0 Å². The lowest BCUT2D eigenvalue weighted by Crippen LogP contribution is -1.97. The van der Waals surface area contributed by atoms with Crippen molar-refractivity contribution < 1.29 is 0 Å². The van der Waals surface area contributed by atoms with Crippen molar-refractivity contribution in [1.82, 2.24) is 0 Å². The van der Waals surface area contributed by atoms with Crippen molar-refractivity contribution in [1.29, 1.82) is 0 Å². The Morgan fingerprint density at radius 2 is 2.38 bits per heavy atom. The Labute approximate surface area is 55.0 Å². The highest BCUT2D eigenvalue weighted by Gasteiger charge is 2.39. The third-order valence-corrected chi connectivity index (χ3v) is 2.42. The molecule has 0 radical (unpaired) electrons. The molecule has 0 amide bonds. The van der Waals surface area contributed by atoms with Crippen molar-refractivity contribution in [2.75, 3.05) is 12.0 Å². The van der Waals surface area contributed by atoms with Crippen LogP contribution in [0.5, 0.6) is 0 Å². The standard InChI is InChI=1S/C7H10S/c1-3-7(4-5-7)6-8-2/h1H,4-6H2,2H3. The van der Waals surface area contributed by atoms with E-state index in [4.69, 9.17) is 6.42 Å². The molecular formula is C7H10S. The molecule has 0 spiro atoms. The summed E-state index contributed by atoms with van der Waals surface area (Å²) in [5.41, 5.74) is 0.333. The molecule has 0 atom stereocenters. The zero-order valence-electron chi connectivity index (χ0n) is 5.11. The highest BCUT2D eigenvalue weighted by atomic mass is 32.2. The fourth-order valence-corrected chi connectivity index (χ4v) is 1.68. The molecule has 0 aromatic heterocycles. The van der Waals surface area contributed by atoms with Gasteiger partial charge in [0.25, 0.3) is 0 Å². The maximum atomic E-state index is 5.29. The van der Waals surface area contributed by atoms with Crippen molar-refractivity contribution >= 4 is 11.8 Å². The van der Waals surface area contributed by atoms with E-state index in [1.807, 2.05) is 11.8 Å². The topological polar surface area (TPSA) is 0 Å². The lowest BCUT2D eigenvalue weighted by Gasteiger charge is -2.00. The Bertz CT molecular complexity index is 117. The van der Waals surface area contributed by atoms with Crippen LogP contribution in [0.2, 0.25) is 0 Å². The molecule has 0 heterocycles. The quantitative estimate of drug-likeness (QED) is 0.508. The summed E-state index contributed by atoms with van der Waals surface area (Å²) in [5.74, 6) is 3.99. The Hall–Kier alpha value is -0.0900. The predicted octanol–water partition coefficient (Wildman–Crippen LogP) is 1.76. The van der Waals surface area contributed by atoms with Crippen LogP contribution < -0.4 is 0 Å². The molecule has 1 rings (SSSR count). The Balaban J connectivity index is 2.33. The third kappa shape index (κ3) is 1.00. The molecule has 0 N–H and O–H groups in total. The second-order valence-corrected chi connectivity index (χ2v) is 3.22. The molecule has 0 aliphatic heterocycles. The number of rotatable bonds is 2. The number of thioether (sulfide) groups is 1. The van der Waals surface area contributed by atoms with Gasteiger partial charge in [0.1, 0.15) is 0 Å². The Kier molecular flexibility index (Phi) is 1.53. The molecule has 8 heavy (non-hydrogen) atoms. The van der Waals surface area contributed by atoms with E-state index in [-0.39, 0.29) is 0 Å². The van der Waals surface area contributed by atoms with Gasteiger partial charge >= 0.3 is 0 Å². The first-order valence-corrected chi connectivity index (χ1v) is 4.19. The molecule has 0 saturated heterocycles. The minimum atomic E-state index is 0.333. The summed E-state index contributed by atoms with van der Waals surface area (Å²) in [6.07, 6.45) is 9.91. The van der Waals surface area contributed by atoms with E-state index in [0.29, 0.717) is 5.41 Å². The van der Waals surface area contributed by atoms with Gasteiger partial charge in [0, 0.05) is 11.2 Å². The fourth-order valence-electron chi connectivity index (χ4n) is 0.758. The van der Waals surface area contributed by atoms with Gasteiger partial charge < -0.3 is 0 Å². The molecule has 0 aromatic carbocycles. The van der Waals surface area contributed by atoms with Crippen LogP contribution >= 0.6 is 11.8 Å². The van der Waals surface area contributed by atoms with Crippen LogP contribution in [0.15, 0.2) is 0 Å². The molecule has 0 unspecified atom stereocenters. The summed E-state index contributed by atoms with van der Waals surface area (Å²) < 4.78 is 0. The van der Waals surface area contributed by atoms with Gasteiger partial charge in [-0.05, 0) is 19.1 Å². The molecule has 1 saturated carbocycles. The van der Waals surface area contributed by atoms with E-state index in [2.05, 4.69) is 12.2 Å². The summed E-state index contributed by atoms with van der Waals surface area (Å²) in [5, 5.41) is 0. The third-order valence-electron chi connectivity index (χ3n) is 1.58. The second-order valence-electron chi connectivity index (χ2n) is 2.36. The molecule has 1 aliphatic carbocycles. The normalized spacial score (nSPS) is 22.0. The van der Waals surface area contributed by atoms with Crippen molar-refractivity contribution in [2.24, 2.45) is 5.41 Å². The van der Waals surface area contributed by atoms with Gasteiger partial charge in [-0.2, -0.15) is 11.8 Å². The Morgan fingerprint density at radius 1 is 1.75 bits per heavy atom. The van der Waals surface area contributed by atoms with Gasteiger partial charge in [-0.1, -0.05) is 5.92 Å². The largest absolute Gasteiger partial charge is 0.164 e. The van der Waals surface area contributed by atoms with E-state index in [0.717, 1.165) is 5.75 Å². The van der Waals surface area contributed by atoms with E-state index < -0.39 is 0 Å². The maximum absolute atomic E-state index is 5.29. The molecular weight excluding hydrogens is 116 g/mol. The summed E-state index contributed by atoms with van der Waals surface area (Å²) >= 11 is 1.85. The second kappa shape index (κ2) is 2.03. The van der Waals surface area contributed by atoms with Crippen LogP contribution in [0.1, 0.15) is 12.8 Å². The van der Waals surface area contributed by atoms with Gasteiger partial charge in [-0.3, -0.25) is 0 Å². The summed E-state index contributed by atoms with van der Waals surface area (Å²) in [4.78, 5) is 0. The lowest BCUT2D eigenvalue weighted by molar-refractivity contribution is 0.801. The van der Waals surface area contributed by atoms with Crippen molar-refractivity contribution in [3.8, 4) is 12.3 Å². The van der Waals surface area contributed by atoms with E-state index in [1.165, 1.54) is 12.8 Å². The van der Waals surface area contributed by atoms with Crippen LogP contribution in [0.25, 0.3) is 0 Å². The van der Waals surface area contributed by atoms with Crippen LogP contribution in [-0.4, -0.2) is 12.0 Å². The first-order chi connectivity index (χ1) is 3.83. The van der Waals surface area contributed by atoms with Gasteiger partial charge in [-0.15, -0.1) is 6.42 Å². The summed E-state index contributed by atoms with van der Waals surface area (Å²) in [6, 6.07) is 0. The number of terminal acetylenes is 1. The first-order valence-electron chi connectivity index (χ1n) is 2.80. The molecule has 0 nitrogen and oxygen atoms in total. The molecule has 0 aromatic rings. The fraction of sp³-hybridized carbons (Fsp3) is 0.714. The lowest BCUT2D eigenvalue weighted by atomic mass is 10.2. The molecule has 1 fully saturated rings. The van der Waals surface area contributed by atoms with E-state index in [9.17, 15) is 0 Å². The van der Waals surface area contributed by atoms with Crippen LogP contribution in [0, 0.1) is 17.8 Å². The summed E-state index contributed by atoms with van der Waals surface area (Å²) in [7, 11) is 0. The zero-order chi connectivity index (χ0) is 6.04. The van der Waals surface area contributed by atoms with Gasteiger partial charge in [0.05, 0.1) is 0 Å². The minimum Gasteiger partial charge on any atom is -0.164 e. The molecule has 44 valence electrons. The average Bonchev–Trinajstić information content (AvgIpc) is 2.50. The highest BCUT2D eigenvalue weighted by molar-refractivity contribution is 7.98. The molecule has 1 aliphatic rings. The zero-order valence-corrected chi connectivity index (χ0v) is 5.92. The van der Waals surface area contributed by atoms with Crippen molar-refractivity contribution in [2.45, 2.75) is 12.8 Å². The predicted molar refractivity (Wildman–Crippen MR) is 38.9 cm³/mol. The average molecular weight is 126 g/mol.